The zero-order valence-corrected chi connectivity index (χ0v) is 23.9. The Kier molecular flexibility index (Phi) is 7.64. The molecule has 2 saturated heterocycles. The number of amides is 2. The lowest BCUT2D eigenvalue weighted by molar-refractivity contribution is -0.0158. The van der Waals surface area contributed by atoms with Gasteiger partial charge in [0.15, 0.2) is 0 Å². The Hall–Kier alpha value is -3.58. The maximum Gasteiger partial charge on any atom is 0.337 e. The Bertz CT molecular complexity index is 1510. The third-order valence-electron chi connectivity index (χ3n) is 8.16. The monoisotopic (exact) mass is 594 g/mol. The van der Waals surface area contributed by atoms with Crippen molar-refractivity contribution >= 4 is 40.9 Å². The number of nitrogens with zero attached hydrogens (tertiary/aromatic N) is 3. The van der Waals surface area contributed by atoms with Gasteiger partial charge in [-0.2, -0.15) is 5.26 Å². The van der Waals surface area contributed by atoms with Gasteiger partial charge in [-0.1, -0.05) is 34.4 Å². The number of benzene rings is 2. The molecule has 2 amide bonds. The Morgan fingerprint density at radius 1 is 1.12 bits per heavy atom. The second-order valence-electron chi connectivity index (χ2n) is 10.7. The zero-order valence-electron chi connectivity index (χ0n) is 22.4. The number of halogens is 2. The second-order valence-corrected chi connectivity index (χ2v) is 11.5. The van der Waals surface area contributed by atoms with Crippen molar-refractivity contribution in [2.24, 2.45) is 0 Å². The highest BCUT2D eigenvalue weighted by Gasteiger charge is 2.44. The van der Waals surface area contributed by atoms with E-state index >= 15 is 0 Å². The Morgan fingerprint density at radius 3 is 2.46 bits per heavy atom. The van der Waals surface area contributed by atoms with E-state index in [1.54, 1.807) is 24.3 Å². The summed E-state index contributed by atoms with van der Waals surface area (Å²) in [6, 6.07) is 11.7. The van der Waals surface area contributed by atoms with E-state index < -0.39 is 5.97 Å². The maximum absolute atomic E-state index is 13.3. The van der Waals surface area contributed by atoms with E-state index in [0.717, 1.165) is 37.0 Å². The summed E-state index contributed by atoms with van der Waals surface area (Å²) in [6.07, 6.45) is 5.22. The Morgan fingerprint density at radius 2 is 1.83 bits per heavy atom. The number of anilines is 1. The summed E-state index contributed by atoms with van der Waals surface area (Å²) in [6.45, 7) is 0.320. The predicted molar refractivity (Wildman–Crippen MR) is 152 cm³/mol. The average Bonchev–Trinajstić information content (AvgIpc) is 3.67. The van der Waals surface area contributed by atoms with Gasteiger partial charge in [0.05, 0.1) is 46.7 Å². The first-order valence-corrected chi connectivity index (χ1v) is 14.4. The van der Waals surface area contributed by atoms with Gasteiger partial charge in [-0.05, 0) is 68.9 Å². The van der Waals surface area contributed by atoms with Crippen LogP contribution in [0.25, 0.3) is 11.3 Å². The number of piperidine rings is 1. The van der Waals surface area contributed by atoms with Crippen LogP contribution in [0.1, 0.15) is 71.7 Å². The fraction of sp³-hybridized carbons (Fsp3) is 0.400. The third kappa shape index (κ3) is 5.40. The van der Waals surface area contributed by atoms with Crippen LogP contribution in [0, 0.1) is 11.3 Å². The van der Waals surface area contributed by atoms with Crippen LogP contribution in [-0.2, 0) is 16.1 Å². The van der Waals surface area contributed by atoms with E-state index in [2.05, 4.69) is 10.5 Å². The molecule has 0 spiro atoms. The number of carbonyl (C=O) groups excluding carboxylic acids is 2. The van der Waals surface area contributed by atoms with Crippen molar-refractivity contribution in [2.45, 2.75) is 69.2 Å². The number of hydrogen-bond donors (Lipinski definition) is 1. The molecule has 2 bridgehead atoms. The largest absolute Gasteiger partial charge is 0.465 e. The first-order chi connectivity index (χ1) is 19.9. The topological polar surface area (TPSA) is 118 Å². The summed E-state index contributed by atoms with van der Waals surface area (Å²) in [5, 5.41) is 17.8. The zero-order chi connectivity index (χ0) is 28.7. The van der Waals surface area contributed by atoms with Gasteiger partial charge in [-0.25, -0.2) is 9.59 Å². The van der Waals surface area contributed by atoms with Crippen molar-refractivity contribution in [3.8, 4) is 17.3 Å². The van der Waals surface area contributed by atoms with Crippen LogP contribution in [-0.4, -0.2) is 47.4 Å². The van der Waals surface area contributed by atoms with Gasteiger partial charge in [0.2, 0.25) is 0 Å². The highest BCUT2D eigenvalue weighted by molar-refractivity contribution is 6.39. The van der Waals surface area contributed by atoms with Gasteiger partial charge in [0, 0.05) is 29.1 Å². The number of aromatic nitrogens is 1. The van der Waals surface area contributed by atoms with Crippen LogP contribution in [0.15, 0.2) is 40.9 Å². The molecule has 3 aromatic rings. The van der Waals surface area contributed by atoms with Gasteiger partial charge in [0.1, 0.15) is 17.5 Å². The number of esters is 1. The normalized spacial score (nSPS) is 21.4. The minimum Gasteiger partial charge on any atom is -0.465 e. The standard InChI is InChI=1S/C30H28Cl2N4O5/c1-39-29(37)17-7-10-25(18(11-17)14-33)34-30(38)36-19-8-9-20(36)13-21(12-19)40-15-22-27(35-41-28(22)16-5-6-16)26-23(31)3-2-4-24(26)32/h2-4,7,10-11,16,19-21H,5-6,8-9,12-13,15H2,1H3,(H,34,38). The number of rotatable bonds is 7. The van der Waals surface area contributed by atoms with E-state index in [9.17, 15) is 14.9 Å². The fourth-order valence-corrected chi connectivity index (χ4v) is 6.59. The molecule has 3 heterocycles. The van der Waals surface area contributed by atoms with E-state index in [0.29, 0.717) is 52.4 Å². The highest BCUT2D eigenvalue weighted by Crippen LogP contribution is 2.46. The van der Waals surface area contributed by atoms with Crippen LogP contribution in [0.5, 0.6) is 0 Å². The maximum atomic E-state index is 13.3. The molecule has 1 aromatic heterocycles. The van der Waals surface area contributed by atoms with Crippen molar-refractivity contribution in [3.63, 3.8) is 0 Å². The molecular formula is C30H28Cl2N4O5. The molecule has 2 unspecified atom stereocenters. The molecule has 1 saturated carbocycles. The van der Waals surface area contributed by atoms with Gasteiger partial charge < -0.3 is 24.2 Å². The van der Waals surface area contributed by atoms with E-state index in [-0.39, 0.29) is 35.3 Å². The van der Waals surface area contributed by atoms with Crippen molar-refractivity contribution in [1.82, 2.24) is 10.1 Å². The first kappa shape index (κ1) is 27.6. The fourth-order valence-electron chi connectivity index (χ4n) is 6.01. The number of hydrogen-bond acceptors (Lipinski definition) is 7. The molecule has 6 rings (SSSR count). The van der Waals surface area contributed by atoms with Crippen LogP contribution < -0.4 is 5.32 Å². The van der Waals surface area contributed by atoms with E-state index in [4.69, 9.17) is 37.2 Å². The van der Waals surface area contributed by atoms with E-state index in [1.165, 1.54) is 19.2 Å². The molecule has 3 fully saturated rings. The number of fused-ring (bicyclic) bond motifs is 2. The van der Waals surface area contributed by atoms with Gasteiger partial charge >= 0.3 is 12.0 Å². The highest BCUT2D eigenvalue weighted by atomic mass is 35.5. The van der Waals surface area contributed by atoms with E-state index in [1.807, 2.05) is 11.0 Å². The number of methoxy groups -OCH3 is 1. The van der Waals surface area contributed by atoms with Gasteiger partial charge in [-0.15, -0.1) is 0 Å². The number of carbonyl (C=O) groups is 2. The smallest absolute Gasteiger partial charge is 0.337 e. The number of nitrogens with one attached hydrogen (secondary N) is 1. The molecule has 2 aromatic carbocycles. The van der Waals surface area contributed by atoms with Crippen molar-refractivity contribution in [3.05, 3.63) is 68.9 Å². The summed E-state index contributed by atoms with van der Waals surface area (Å²) in [4.78, 5) is 27.0. The molecule has 41 heavy (non-hydrogen) atoms. The molecule has 9 nitrogen and oxygen atoms in total. The number of ether oxygens (including phenoxy) is 2. The first-order valence-electron chi connectivity index (χ1n) is 13.6. The summed E-state index contributed by atoms with van der Waals surface area (Å²) < 4.78 is 17.0. The Balaban J connectivity index is 1.14. The lowest BCUT2D eigenvalue weighted by Gasteiger charge is -2.38. The molecule has 11 heteroatoms. The van der Waals surface area contributed by atoms with Crippen LogP contribution in [0.3, 0.4) is 0 Å². The molecule has 1 aliphatic carbocycles. The minimum atomic E-state index is -0.544. The number of urea groups is 1. The Labute approximate surface area is 247 Å². The van der Waals surface area contributed by atoms with Crippen molar-refractivity contribution in [1.29, 1.82) is 5.26 Å². The molecule has 2 aliphatic heterocycles. The molecule has 3 aliphatic rings. The summed E-state index contributed by atoms with van der Waals surface area (Å²) in [5.74, 6) is 0.622. The summed E-state index contributed by atoms with van der Waals surface area (Å²) in [7, 11) is 1.28. The SMILES string of the molecule is COC(=O)c1ccc(NC(=O)N2C3CCC2CC(OCc2c(-c4c(Cl)cccc4Cl)noc2C2CC2)C3)c(C#N)c1. The average molecular weight is 595 g/mol. The van der Waals surface area contributed by atoms with Crippen LogP contribution >= 0.6 is 23.2 Å². The molecule has 212 valence electrons. The molecule has 0 radical (unpaired) electrons. The minimum absolute atomic E-state index is 0.0153. The molecular weight excluding hydrogens is 567 g/mol. The second kappa shape index (κ2) is 11.4. The lowest BCUT2D eigenvalue weighted by atomic mass is 9.99. The van der Waals surface area contributed by atoms with Crippen LogP contribution in [0.2, 0.25) is 10.0 Å². The van der Waals surface area contributed by atoms with Gasteiger partial charge in [0.25, 0.3) is 0 Å². The quantitative estimate of drug-likeness (QED) is 0.295. The lowest BCUT2D eigenvalue weighted by Crippen LogP contribution is -2.50. The van der Waals surface area contributed by atoms with Crippen molar-refractivity contribution in [2.75, 3.05) is 12.4 Å². The third-order valence-corrected chi connectivity index (χ3v) is 8.79. The molecule has 1 N–H and O–H groups in total. The van der Waals surface area contributed by atoms with Crippen molar-refractivity contribution < 1.29 is 23.6 Å². The summed E-state index contributed by atoms with van der Waals surface area (Å²) >= 11 is 13.0. The predicted octanol–water partition coefficient (Wildman–Crippen LogP) is 6.93. The van der Waals surface area contributed by atoms with Gasteiger partial charge in [-0.3, -0.25) is 0 Å². The number of nitriles is 1. The molecule has 2 atom stereocenters. The van der Waals surface area contributed by atoms with Crippen LogP contribution in [0.4, 0.5) is 10.5 Å². The summed E-state index contributed by atoms with van der Waals surface area (Å²) in [5.41, 5.74) is 2.95.